The summed E-state index contributed by atoms with van der Waals surface area (Å²) in [4.78, 5) is 13.8. The number of carbonyl (C=O) groups is 1. The molecule has 0 spiro atoms. The van der Waals surface area contributed by atoms with Crippen LogP contribution in [-0.2, 0) is 4.79 Å². The molecule has 0 bridgehead atoms. The maximum Gasteiger partial charge on any atom is 0.409 e. The van der Waals surface area contributed by atoms with E-state index in [0.717, 1.165) is 19.0 Å². The molecule has 0 aromatic carbocycles. The molecular formula is C10H19N4O2+. The Morgan fingerprint density at radius 1 is 1.38 bits per heavy atom. The summed E-state index contributed by atoms with van der Waals surface area (Å²) in [6.45, 7) is 2.74. The van der Waals surface area contributed by atoms with Gasteiger partial charge in [0, 0.05) is 6.54 Å². The molecule has 90 valence electrons. The fraction of sp³-hybridized carbons (Fsp3) is 0.700. The summed E-state index contributed by atoms with van der Waals surface area (Å²) >= 11 is 0. The highest BCUT2D eigenvalue weighted by atomic mass is 16.3. The average Bonchev–Trinajstić information content (AvgIpc) is 2.26. The summed E-state index contributed by atoms with van der Waals surface area (Å²) in [5.74, 6) is -0.543. The first-order valence-electron chi connectivity index (χ1n) is 5.44. The first-order chi connectivity index (χ1) is 7.70. The van der Waals surface area contributed by atoms with Crippen LogP contribution in [-0.4, -0.2) is 24.1 Å². The van der Waals surface area contributed by atoms with Crippen LogP contribution in [0.5, 0.6) is 0 Å². The highest BCUT2D eigenvalue weighted by Crippen LogP contribution is 1.96. The van der Waals surface area contributed by atoms with Crippen LogP contribution in [0.25, 0.3) is 4.98 Å². The smallest absolute Gasteiger partial charge is 0.409 e. The van der Waals surface area contributed by atoms with Crippen molar-refractivity contribution in [1.82, 2.24) is 10.6 Å². The molecule has 0 aromatic rings. The lowest BCUT2D eigenvalue weighted by Crippen LogP contribution is -2.34. The van der Waals surface area contributed by atoms with E-state index < -0.39 is 0 Å². The van der Waals surface area contributed by atoms with E-state index in [0.29, 0.717) is 6.54 Å². The van der Waals surface area contributed by atoms with Gasteiger partial charge in [-0.3, -0.25) is 4.79 Å². The summed E-state index contributed by atoms with van der Waals surface area (Å²) < 4.78 is 0. The van der Waals surface area contributed by atoms with E-state index in [2.05, 4.69) is 22.5 Å². The lowest BCUT2D eigenvalue weighted by Gasteiger charge is -2.05. The van der Waals surface area contributed by atoms with Gasteiger partial charge in [-0.1, -0.05) is 26.2 Å². The first kappa shape index (κ1) is 14.2. The Kier molecular flexibility index (Phi) is 8.69. The summed E-state index contributed by atoms with van der Waals surface area (Å²) in [5.41, 5.74) is 0. The van der Waals surface area contributed by atoms with Gasteiger partial charge in [0.1, 0.15) is 0 Å². The third-order valence-electron chi connectivity index (χ3n) is 1.96. The zero-order valence-electron chi connectivity index (χ0n) is 9.57. The Hall–Kier alpha value is -1.77. The number of carbonyl (C=O) groups excluding carboxylic acids is 1. The lowest BCUT2D eigenvalue weighted by molar-refractivity contribution is -0.120. The maximum atomic E-state index is 11.2. The number of unbranched alkanes of at least 4 members (excludes halogenated alkanes) is 3. The molecule has 1 amide bonds. The van der Waals surface area contributed by atoms with Gasteiger partial charge in [-0.25, -0.2) is 0 Å². The first-order valence-corrected chi connectivity index (χ1v) is 5.44. The monoisotopic (exact) mass is 227 g/mol. The Morgan fingerprint density at radius 3 is 2.75 bits per heavy atom. The van der Waals surface area contributed by atoms with Gasteiger partial charge in [-0.05, 0) is 6.42 Å². The van der Waals surface area contributed by atoms with Gasteiger partial charge in [-0.2, -0.15) is 0 Å². The van der Waals surface area contributed by atoms with Gasteiger partial charge in [0.2, 0.25) is 11.3 Å². The van der Waals surface area contributed by atoms with E-state index in [-0.39, 0.29) is 18.3 Å². The van der Waals surface area contributed by atoms with E-state index >= 15 is 0 Å². The molecule has 0 atom stereocenters. The molecule has 0 saturated heterocycles. The van der Waals surface area contributed by atoms with Crippen LogP contribution in [0.2, 0.25) is 0 Å². The van der Waals surface area contributed by atoms with E-state index in [1.807, 2.05) is 0 Å². The minimum absolute atomic E-state index is 0.0361. The van der Waals surface area contributed by atoms with E-state index in [1.165, 1.54) is 12.8 Å². The Bertz CT molecular complexity index is 270. The summed E-state index contributed by atoms with van der Waals surface area (Å²) in [6.07, 6.45) is 5.23. The number of nitrogens with zero attached hydrogens (tertiary/aromatic N) is 2. The Morgan fingerprint density at radius 2 is 2.12 bits per heavy atom. The highest BCUT2D eigenvalue weighted by molar-refractivity contribution is 5.78. The normalized spacial score (nSPS) is 10.6. The summed E-state index contributed by atoms with van der Waals surface area (Å²) in [7, 11) is 0. The van der Waals surface area contributed by atoms with Crippen LogP contribution in [0.1, 0.15) is 32.6 Å². The van der Waals surface area contributed by atoms with E-state index in [4.69, 9.17) is 10.5 Å². The van der Waals surface area contributed by atoms with Gasteiger partial charge in [0.25, 0.3) is 5.88 Å². The van der Waals surface area contributed by atoms with Crippen LogP contribution in [0.3, 0.4) is 0 Å². The predicted octanol–water partition coefficient (Wildman–Crippen LogP) is 1.48. The second-order valence-corrected chi connectivity index (χ2v) is 3.39. The minimum atomic E-state index is -0.344. The van der Waals surface area contributed by atoms with Crippen LogP contribution >= 0.6 is 0 Å². The van der Waals surface area contributed by atoms with Crippen molar-refractivity contribution in [2.45, 2.75) is 32.6 Å². The van der Waals surface area contributed by atoms with Crippen molar-refractivity contribution < 1.29 is 9.90 Å². The number of hydrogen-bond donors (Lipinski definition) is 3. The SMILES string of the molecule is CCCCCCNC(=O)CNC(O)=C[N+]#N. The zero-order chi connectivity index (χ0) is 12.2. The number of amides is 1. The minimum Gasteiger partial charge on any atom is -0.490 e. The second kappa shape index (κ2) is 9.77. The van der Waals surface area contributed by atoms with Crippen LogP contribution in [0.15, 0.2) is 12.1 Å². The lowest BCUT2D eigenvalue weighted by atomic mass is 10.2. The van der Waals surface area contributed by atoms with Crippen molar-refractivity contribution in [2.75, 3.05) is 13.1 Å². The predicted molar refractivity (Wildman–Crippen MR) is 61.0 cm³/mol. The van der Waals surface area contributed by atoms with Gasteiger partial charge in [0.15, 0.2) is 4.98 Å². The molecule has 0 saturated carbocycles. The molecule has 0 aliphatic carbocycles. The molecule has 0 unspecified atom stereocenters. The number of nitrogens with one attached hydrogen (secondary N) is 2. The van der Waals surface area contributed by atoms with Crippen molar-refractivity contribution in [2.24, 2.45) is 0 Å². The average molecular weight is 227 g/mol. The highest BCUT2D eigenvalue weighted by Gasteiger charge is 2.03. The molecule has 0 radical (unpaired) electrons. The van der Waals surface area contributed by atoms with Crippen LogP contribution in [0.4, 0.5) is 0 Å². The van der Waals surface area contributed by atoms with Gasteiger partial charge < -0.3 is 15.7 Å². The molecule has 3 N–H and O–H groups in total. The summed E-state index contributed by atoms with van der Waals surface area (Å²) in [6, 6.07) is 0. The molecular weight excluding hydrogens is 208 g/mol. The fourth-order valence-corrected chi connectivity index (χ4v) is 1.11. The van der Waals surface area contributed by atoms with Crippen molar-refractivity contribution in [3.8, 4) is 0 Å². The zero-order valence-corrected chi connectivity index (χ0v) is 9.57. The molecule has 6 nitrogen and oxygen atoms in total. The maximum absolute atomic E-state index is 11.2. The number of hydrogen-bond acceptors (Lipinski definition) is 4. The van der Waals surface area contributed by atoms with E-state index in [9.17, 15) is 4.79 Å². The van der Waals surface area contributed by atoms with Crippen molar-refractivity contribution in [3.05, 3.63) is 17.1 Å². The molecule has 6 heteroatoms. The number of diazo groups is 1. The standard InChI is InChI=1S/C10H18N4O2/c1-2-3-4-5-6-12-9(15)7-13-10(16)8-14-11/h8,13H,2-7H2,1H3,(H-,12,15,16)/p+1. The number of rotatable bonds is 8. The van der Waals surface area contributed by atoms with Crippen molar-refractivity contribution in [3.63, 3.8) is 0 Å². The molecule has 0 fully saturated rings. The van der Waals surface area contributed by atoms with Gasteiger partial charge in [-0.15, -0.1) is 0 Å². The van der Waals surface area contributed by atoms with Crippen LogP contribution < -0.4 is 10.6 Å². The molecule has 0 aliphatic heterocycles. The van der Waals surface area contributed by atoms with Gasteiger partial charge >= 0.3 is 6.20 Å². The largest absolute Gasteiger partial charge is 0.490 e. The number of aliphatic hydroxyl groups is 1. The Balaban J connectivity index is 3.46. The molecule has 0 rings (SSSR count). The van der Waals surface area contributed by atoms with Crippen molar-refractivity contribution in [1.29, 1.82) is 5.39 Å². The molecule has 16 heavy (non-hydrogen) atoms. The molecule has 0 aromatic heterocycles. The fourth-order valence-electron chi connectivity index (χ4n) is 1.11. The molecule has 0 heterocycles. The van der Waals surface area contributed by atoms with Gasteiger partial charge in [0.05, 0.1) is 6.54 Å². The van der Waals surface area contributed by atoms with E-state index in [1.54, 1.807) is 0 Å². The Labute approximate surface area is 95.3 Å². The second-order valence-electron chi connectivity index (χ2n) is 3.39. The third-order valence-corrected chi connectivity index (χ3v) is 1.96. The number of aliphatic hydroxyl groups excluding tert-OH is 1. The van der Waals surface area contributed by atoms with Crippen molar-refractivity contribution >= 4 is 5.91 Å². The topological polar surface area (TPSA) is 89.5 Å². The summed E-state index contributed by atoms with van der Waals surface area (Å²) in [5, 5.41) is 22.1. The molecule has 0 aliphatic rings. The van der Waals surface area contributed by atoms with Crippen LogP contribution in [0, 0.1) is 5.39 Å². The third kappa shape index (κ3) is 8.81. The quantitative estimate of drug-likeness (QED) is 0.333.